The molecule has 2 nitrogen and oxygen atoms in total. The minimum atomic E-state index is -0.190. The van der Waals surface area contributed by atoms with Crippen molar-refractivity contribution in [3.63, 3.8) is 0 Å². The Kier molecular flexibility index (Phi) is 7.73. The lowest BCUT2D eigenvalue weighted by Gasteiger charge is -2.29. The van der Waals surface area contributed by atoms with Crippen molar-refractivity contribution in [1.29, 1.82) is 0 Å². The summed E-state index contributed by atoms with van der Waals surface area (Å²) in [5.74, 6) is 0. The minimum Gasteiger partial charge on any atom is -0.310 e. The molecule has 7 aromatic rings. The number of pyridine rings is 1. The second-order valence-electron chi connectivity index (χ2n) is 13.7. The van der Waals surface area contributed by atoms with E-state index < -0.39 is 0 Å². The number of hydrogen-bond acceptors (Lipinski definition) is 2. The summed E-state index contributed by atoms with van der Waals surface area (Å²) in [4.78, 5) is 6.70. The number of allylic oxidation sites excluding steroid dienone is 2. The third-order valence-corrected chi connectivity index (χ3v) is 10.3. The average Bonchev–Trinajstić information content (AvgIpc) is 3.37. The largest absolute Gasteiger partial charge is 0.310 e. The van der Waals surface area contributed by atoms with Crippen molar-refractivity contribution in [3.05, 3.63) is 186 Å². The molecular formula is C47H40N2. The summed E-state index contributed by atoms with van der Waals surface area (Å²) in [6.07, 6.45) is 7.04. The van der Waals surface area contributed by atoms with Gasteiger partial charge in [-0.3, -0.25) is 4.98 Å². The van der Waals surface area contributed by atoms with Gasteiger partial charge in [-0.2, -0.15) is 0 Å². The van der Waals surface area contributed by atoms with E-state index in [1.54, 1.807) is 0 Å². The van der Waals surface area contributed by atoms with E-state index in [4.69, 9.17) is 0 Å². The molecule has 0 saturated heterocycles. The molecule has 0 amide bonds. The molecule has 0 saturated carbocycles. The van der Waals surface area contributed by atoms with Crippen LogP contribution in [0.4, 0.5) is 17.1 Å². The van der Waals surface area contributed by atoms with Gasteiger partial charge in [0.05, 0.1) is 0 Å². The van der Waals surface area contributed by atoms with Gasteiger partial charge in [0.25, 0.3) is 0 Å². The highest BCUT2D eigenvalue weighted by Gasteiger charge is 2.38. The quantitative estimate of drug-likeness (QED) is 0.174. The number of rotatable bonds is 7. The van der Waals surface area contributed by atoms with Gasteiger partial charge in [0.1, 0.15) is 0 Å². The topological polar surface area (TPSA) is 16.1 Å². The number of aromatic nitrogens is 1. The lowest BCUT2D eigenvalue weighted by atomic mass is 9.80. The van der Waals surface area contributed by atoms with E-state index in [0.717, 1.165) is 23.5 Å². The Bertz CT molecular complexity index is 2330. The molecule has 238 valence electrons. The van der Waals surface area contributed by atoms with Gasteiger partial charge in [0, 0.05) is 34.9 Å². The third kappa shape index (κ3) is 5.44. The molecule has 1 aliphatic carbocycles. The molecule has 6 aromatic carbocycles. The molecule has 0 bridgehead atoms. The van der Waals surface area contributed by atoms with Gasteiger partial charge in [0.15, 0.2) is 0 Å². The van der Waals surface area contributed by atoms with E-state index >= 15 is 0 Å². The first-order valence-electron chi connectivity index (χ1n) is 17.2. The summed E-state index contributed by atoms with van der Waals surface area (Å²) in [7, 11) is 0. The maximum Gasteiger partial charge on any atom is 0.0467 e. The zero-order valence-corrected chi connectivity index (χ0v) is 28.6. The highest BCUT2D eigenvalue weighted by atomic mass is 15.1. The van der Waals surface area contributed by atoms with E-state index in [1.165, 1.54) is 66.4 Å². The first kappa shape index (κ1) is 30.6. The second kappa shape index (κ2) is 12.4. The first-order chi connectivity index (χ1) is 23.9. The molecule has 0 spiro atoms. The standard InChI is InChI=1S/C47H40N2/c1-32(19-21-34-13-7-5-8-14-34)42-29-37(22-20-33(42)2)49(36-15-9-6-10-16-36)38-23-24-41-44(30-38)47(3,4)45-31-43(35-25-27-48-28-26-35)39-17-11-12-18-40(39)46(41)45/h5-20,22-31H,21H2,1-4H3/b32-19-. The Morgan fingerprint density at radius 1 is 0.633 bits per heavy atom. The van der Waals surface area contributed by atoms with Gasteiger partial charge in [-0.1, -0.05) is 105 Å². The summed E-state index contributed by atoms with van der Waals surface area (Å²) in [5, 5.41) is 2.57. The monoisotopic (exact) mass is 632 g/mol. The number of fused-ring (bicyclic) bond motifs is 5. The maximum atomic E-state index is 4.29. The molecule has 0 unspecified atom stereocenters. The number of benzene rings is 6. The molecule has 49 heavy (non-hydrogen) atoms. The summed E-state index contributed by atoms with van der Waals surface area (Å²) in [5.41, 5.74) is 16.3. The van der Waals surface area contributed by atoms with Crippen LogP contribution in [0.25, 0.3) is 38.6 Å². The number of hydrogen-bond donors (Lipinski definition) is 0. The maximum absolute atomic E-state index is 4.29. The van der Waals surface area contributed by atoms with E-state index in [-0.39, 0.29) is 5.41 Å². The summed E-state index contributed by atoms with van der Waals surface area (Å²) >= 11 is 0. The SMILES string of the molecule is C/C(=C/Cc1ccccc1)c1cc(N(c2ccccc2)c2ccc3c(c2)C(C)(C)c2cc(-c4ccncc4)c4ccccc4c2-3)ccc1C. The zero-order valence-electron chi connectivity index (χ0n) is 28.6. The van der Waals surface area contributed by atoms with Crippen LogP contribution >= 0.6 is 0 Å². The Balaban J connectivity index is 1.26. The van der Waals surface area contributed by atoms with Gasteiger partial charge >= 0.3 is 0 Å². The molecule has 8 rings (SSSR count). The van der Waals surface area contributed by atoms with Gasteiger partial charge in [-0.05, 0) is 141 Å². The lowest BCUT2D eigenvalue weighted by Crippen LogP contribution is -2.17. The van der Waals surface area contributed by atoms with Crippen molar-refractivity contribution in [3.8, 4) is 22.3 Å². The number of anilines is 3. The van der Waals surface area contributed by atoms with Crippen LogP contribution in [0.2, 0.25) is 0 Å². The molecule has 0 atom stereocenters. The molecule has 1 aromatic heterocycles. The van der Waals surface area contributed by atoms with Gasteiger partial charge in [-0.25, -0.2) is 0 Å². The highest BCUT2D eigenvalue weighted by molar-refractivity contribution is 6.09. The van der Waals surface area contributed by atoms with Crippen LogP contribution in [0.1, 0.15) is 48.6 Å². The highest BCUT2D eigenvalue weighted by Crippen LogP contribution is 2.54. The van der Waals surface area contributed by atoms with Crippen molar-refractivity contribution in [2.75, 3.05) is 4.90 Å². The number of aryl methyl sites for hydroxylation is 1. The van der Waals surface area contributed by atoms with Crippen molar-refractivity contribution in [1.82, 2.24) is 4.98 Å². The van der Waals surface area contributed by atoms with Gasteiger partial charge in [-0.15, -0.1) is 0 Å². The average molecular weight is 633 g/mol. The fourth-order valence-corrected chi connectivity index (χ4v) is 7.67. The number of nitrogens with zero attached hydrogens (tertiary/aromatic N) is 2. The third-order valence-electron chi connectivity index (χ3n) is 10.3. The lowest BCUT2D eigenvalue weighted by molar-refractivity contribution is 0.661. The van der Waals surface area contributed by atoms with E-state index in [0.29, 0.717) is 0 Å². The summed E-state index contributed by atoms with van der Waals surface area (Å²) in [6.45, 7) is 9.21. The van der Waals surface area contributed by atoms with Crippen LogP contribution in [0.15, 0.2) is 158 Å². The van der Waals surface area contributed by atoms with E-state index in [9.17, 15) is 0 Å². The second-order valence-corrected chi connectivity index (χ2v) is 13.7. The zero-order chi connectivity index (χ0) is 33.5. The van der Waals surface area contributed by atoms with Crippen molar-refractivity contribution < 1.29 is 0 Å². The Hall–Kier alpha value is -5.73. The van der Waals surface area contributed by atoms with Crippen LogP contribution < -0.4 is 4.90 Å². The molecule has 1 heterocycles. The Morgan fingerprint density at radius 2 is 1.29 bits per heavy atom. The normalized spacial score (nSPS) is 13.3. The molecule has 0 N–H and O–H groups in total. The van der Waals surface area contributed by atoms with Crippen molar-refractivity contribution in [2.45, 2.75) is 39.5 Å². The van der Waals surface area contributed by atoms with E-state index in [2.05, 4.69) is 183 Å². The first-order valence-corrected chi connectivity index (χ1v) is 17.2. The predicted octanol–water partition coefficient (Wildman–Crippen LogP) is 12.6. The van der Waals surface area contributed by atoms with Gasteiger partial charge < -0.3 is 4.90 Å². The van der Waals surface area contributed by atoms with Crippen LogP contribution in [0.3, 0.4) is 0 Å². The van der Waals surface area contributed by atoms with Crippen LogP contribution in [-0.4, -0.2) is 4.98 Å². The molecule has 1 aliphatic rings. The Morgan fingerprint density at radius 3 is 2.04 bits per heavy atom. The minimum absolute atomic E-state index is 0.190. The van der Waals surface area contributed by atoms with Crippen LogP contribution in [0.5, 0.6) is 0 Å². The molecular weight excluding hydrogens is 593 g/mol. The Labute approximate surface area is 290 Å². The molecule has 0 aliphatic heterocycles. The fraction of sp³-hybridized carbons (Fsp3) is 0.128. The smallest absolute Gasteiger partial charge is 0.0467 e. The van der Waals surface area contributed by atoms with Crippen molar-refractivity contribution in [2.24, 2.45) is 0 Å². The predicted molar refractivity (Wildman–Crippen MR) is 208 cm³/mol. The number of para-hydroxylation sites is 1. The molecule has 0 fully saturated rings. The summed E-state index contributed by atoms with van der Waals surface area (Å²) < 4.78 is 0. The summed E-state index contributed by atoms with van der Waals surface area (Å²) in [6, 6.07) is 51.0. The molecule has 0 radical (unpaired) electrons. The van der Waals surface area contributed by atoms with Crippen LogP contribution in [0, 0.1) is 6.92 Å². The van der Waals surface area contributed by atoms with Gasteiger partial charge in [0.2, 0.25) is 0 Å². The van der Waals surface area contributed by atoms with Crippen molar-refractivity contribution >= 4 is 33.4 Å². The fourth-order valence-electron chi connectivity index (χ4n) is 7.67. The van der Waals surface area contributed by atoms with E-state index in [1.807, 2.05) is 12.4 Å². The van der Waals surface area contributed by atoms with Crippen LogP contribution in [-0.2, 0) is 11.8 Å². The molecule has 2 heteroatoms.